The third kappa shape index (κ3) is 5.32. The van der Waals surface area contributed by atoms with Crippen molar-refractivity contribution in [3.8, 4) is 0 Å². The van der Waals surface area contributed by atoms with E-state index in [1.807, 2.05) is 48.5 Å². The third-order valence-corrected chi connectivity index (χ3v) is 5.47. The van der Waals surface area contributed by atoms with E-state index in [9.17, 15) is 9.90 Å². The van der Waals surface area contributed by atoms with Gasteiger partial charge in [0, 0.05) is 25.2 Å². The number of hydrogen-bond donors (Lipinski definition) is 3. The predicted octanol–water partition coefficient (Wildman–Crippen LogP) is 4.67. The summed E-state index contributed by atoms with van der Waals surface area (Å²) in [6, 6.07) is 29.5. The molecule has 0 saturated carbocycles. The van der Waals surface area contributed by atoms with Gasteiger partial charge in [0.25, 0.3) is 5.91 Å². The summed E-state index contributed by atoms with van der Waals surface area (Å²) in [5.41, 5.74) is 9.89. The Morgan fingerprint density at radius 3 is 2.22 bits per heavy atom. The first-order valence-electron chi connectivity index (χ1n) is 10.7. The number of benzene rings is 4. The Balaban J connectivity index is 1.42. The number of anilines is 2. The molecule has 0 aliphatic carbocycles. The quantitative estimate of drug-likeness (QED) is 0.359. The monoisotopic (exact) mass is 425 g/mol. The molecule has 5 nitrogen and oxygen atoms in total. The van der Waals surface area contributed by atoms with Gasteiger partial charge in [-0.15, -0.1) is 0 Å². The number of para-hydroxylation sites is 2. The molecule has 4 rings (SSSR count). The molecule has 4 aromatic rings. The van der Waals surface area contributed by atoms with Gasteiger partial charge < -0.3 is 16.2 Å². The third-order valence-electron chi connectivity index (χ3n) is 5.47. The molecule has 0 radical (unpaired) electrons. The first-order chi connectivity index (χ1) is 15.6. The maximum atomic E-state index is 12.5. The summed E-state index contributed by atoms with van der Waals surface area (Å²) in [5.74, 6) is -0.196. The van der Waals surface area contributed by atoms with Crippen LogP contribution in [0.4, 0.5) is 11.4 Å². The summed E-state index contributed by atoms with van der Waals surface area (Å²) in [7, 11) is 0. The molecule has 0 heterocycles. The molecule has 0 spiro atoms. The SMILES string of the molecule is Nc1ccccc1NC(=O)c1ccc(CN(CCO)Cc2ccc3ccccc3c2)cc1. The number of carbonyl (C=O) groups excluding carboxylic acids is 1. The molecule has 0 bridgehead atoms. The van der Waals surface area contributed by atoms with Crippen LogP contribution in [0.3, 0.4) is 0 Å². The Bertz CT molecular complexity index is 1200. The molecule has 32 heavy (non-hydrogen) atoms. The summed E-state index contributed by atoms with van der Waals surface area (Å²) < 4.78 is 0. The summed E-state index contributed by atoms with van der Waals surface area (Å²) >= 11 is 0. The Morgan fingerprint density at radius 2 is 1.47 bits per heavy atom. The zero-order chi connectivity index (χ0) is 22.3. The molecule has 0 aromatic heterocycles. The molecule has 0 unspecified atom stereocenters. The largest absolute Gasteiger partial charge is 0.397 e. The van der Waals surface area contributed by atoms with Gasteiger partial charge in [-0.3, -0.25) is 9.69 Å². The van der Waals surface area contributed by atoms with Gasteiger partial charge in [0.2, 0.25) is 0 Å². The van der Waals surface area contributed by atoms with Crippen molar-refractivity contribution in [1.29, 1.82) is 0 Å². The van der Waals surface area contributed by atoms with Gasteiger partial charge in [-0.25, -0.2) is 0 Å². The number of rotatable bonds is 8. The second-order valence-electron chi connectivity index (χ2n) is 7.85. The predicted molar refractivity (Wildman–Crippen MR) is 130 cm³/mol. The number of carbonyl (C=O) groups is 1. The van der Waals surface area contributed by atoms with Crippen LogP contribution in [0.1, 0.15) is 21.5 Å². The molecule has 5 heteroatoms. The summed E-state index contributed by atoms with van der Waals surface area (Å²) in [6.07, 6.45) is 0. The first-order valence-corrected chi connectivity index (χ1v) is 10.7. The molecule has 0 fully saturated rings. The van der Waals surface area contributed by atoms with Crippen molar-refractivity contribution in [2.45, 2.75) is 13.1 Å². The highest BCUT2D eigenvalue weighted by atomic mass is 16.3. The van der Waals surface area contributed by atoms with Crippen LogP contribution in [-0.2, 0) is 13.1 Å². The number of nitrogens with zero attached hydrogens (tertiary/aromatic N) is 1. The average molecular weight is 426 g/mol. The Labute approximate surface area is 188 Å². The number of amides is 1. The van der Waals surface area contributed by atoms with Crippen LogP contribution in [0, 0.1) is 0 Å². The fraction of sp³-hybridized carbons (Fsp3) is 0.148. The number of fused-ring (bicyclic) bond motifs is 1. The molecule has 162 valence electrons. The lowest BCUT2D eigenvalue weighted by Crippen LogP contribution is -2.26. The minimum Gasteiger partial charge on any atom is -0.397 e. The highest BCUT2D eigenvalue weighted by Gasteiger charge is 2.10. The number of nitrogen functional groups attached to an aromatic ring is 1. The van der Waals surface area contributed by atoms with Gasteiger partial charge in [-0.1, -0.05) is 60.7 Å². The van der Waals surface area contributed by atoms with Gasteiger partial charge in [-0.2, -0.15) is 0 Å². The lowest BCUT2D eigenvalue weighted by molar-refractivity contribution is 0.102. The van der Waals surface area contributed by atoms with Crippen molar-refractivity contribution in [2.75, 3.05) is 24.2 Å². The van der Waals surface area contributed by atoms with E-state index in [-0.39, 0.29) is 12.5 Å². The van der Waals surface area contributed by atoms with Gasteiger partial charge >= 0.3 is 0 Å². The molecule has 1 amide bonds. The van der Waals surface area contributed by atoms with Crippen molar-refractivity contribution in [3.05, 3.63) is 108 Å². The maximum Gasteiger partial charge on any atom is 0.255 e. The van der Waals surface area contributed by atoms with Crippen LogP contribution in [0.2, 0.25) is 0 Å². The van der Waals surface area contributed by atoms with Crippen LogP contribution < -0.4 is 11.1 Å². The number of nitrogens with one attached hydrogen (secondary N) is 1. The minimum absolute atomic E-state index is 0.0898. The number of nitrogens with two attached hydrogens (primary N) is 1. The normalized spacial score (nSPS) is 11.1. The Hall–Kier alpha value is -3.67. The van der Waals surface area contributed by atoms with Gasteiger partial charge in [0.05, 0.1) is 18.0 Å². The standard InChI is InChI=1S/C27H27N3O2/c28-25-7-3-4-8-26(25)29-27(32)23-13-9-20(10-14-23)18-30(15-16-31)19-21-11-12-22-5-1-2-6-24(22)17-21/h1-14,17,31H,15-16,18-19,28H2,(H,29,32). The smallest absolute Gasteiger partial charge is 0.255 e. The van der Waals surface area contributed by atoms with Crippen molar-refractivity contribution < 1.29 is 9.90 Å². The molecule has 0 saturated heterocycles. The van der Waals surface area contributed by atoms with E-state index >= 15 is 0 Å². The van der Waals surface area contributed by atoms with E-state index in [1.54, 1.807) is 12.1 Å². The fourth-order valence-corrected chi connectivity index (χ4v) is 3.78. The topological polar surface area (TPSA) is 78.6 Å². The molecule has 4 N–H and O–H groups in total. The van der Waals surface area contributed by atoms with E-state index in [0.29, 0.717) is 30.0 Å². The molecular formula is C27H27N3O2. The zero-order valence-corrected chi connectivity index (χ0v) is 17.9. The second-order valence-corrected chi connectivity index (χ2v) is 7.85. The zero-order valence-electron chi connectivity index (χ0n) is 17.9. The maximum absolute atomic E-state index is 12.5. The van der Waals surface area contributed by atoms with E-state index in [4.69, 9.17) is 5.73 Å². The molecule has 0 aliphatic heterocycles. The first kappa shape index (κ1) is 21.6. The second kappa shape index (κ2) is 10.1. The number of hydrogen-bond acceptors (Lipinski definition) is 4. The van der Waals surface area contributed by atoms with Gasteiger partial charge in [-0.05, 0) is 52.2 Å². The van der Waals surface area contributed by atoms with Gasteiger partial charge in [0.15, 0.2) is 0 Å². The van der Waals surface area contributed by atoms with Crippen molar-refractivity contribution in [2.24, 2.45) is 0 Å². The summed E-state index contributed by atoms with van der Waals surface area (Å²) in [5, 5.41) is 14.8. The van der Waals surface area contributed by atoms with E-state index < -0.39 is 0 Å². The fourth-order valence-electron chi connectivity index (χ4n) is 3.78. The molecule has 4 aromatic carbocycles. The van der Waals surface area contributed by atoms with Crippen LogP contribution in [0.25, 0.3) is 10.8 Å². The van der Waals surface area contributed by atoms with E-state index in [0.717, 1.165) is 12.1 Å². The molecule has 0 atom stereocenters. The Kier molecular flexibility index (Phi) is 6.80. The summed E-state index contributed by atoms with van der Waals surface area (Å²) in [4.78, 5) is 14.7. The lowest BCUT2D eigenvalue weighted by Gasteiger charge is -2.22. The van der Waals surface area contributed by atoms with Crippen LogP contribution >= 0.6 is 0 Å². The highest BCUT2D eigenvalue weighted by molar-refractivity contribution is 6.05. The highest BCUT2D eigenvalue weighted by Crippen LogP contribution is 2.20. The number of aliphatic hydroxyl groups excluding tert-OH is 1. The number of aliphatic hydroxyl groups is 1. The molecule has 0 aliphatic rings. The van der Waals surface area contributed by atoms with Crippen molar-refractivity contribution >= 4 is 28.1 Å². The van der Waals surface area contributed by atoms with E-state index in [1.165, 1.54) is 16.3 Å². The van der Waals surface area contributed by atoms with Crippen LogP contribution in [0.15, 0.2) is 91.0 Å². The lowest BCUT2D eigenvalue weighted by atomic mass is 10.1. The Morgan fingerprint density at radius 1 is 0.812 bits per heavy atom. The van der Waals surface area contributed by atoms with Gasteiger partial charge in [0.1, 0.15) is 0 Å². The van der Waals surface area contributed by atoms with Crippen molar-refractivity contribution in [1.82, 2.24) is 4.90 Å². The van der Waals surface area contributed by atoms with Crippen LogP contribution in [-0.4, -0.2) is 29.1 Å². The van der Waals surface area contributed by atoms with E-state index in [2.05, 4.69) is 40.5 Å². The van der Waals surface area contributed by atoms with Crippen molar-refractivity contribution in [3.63, 3.8) is 0 Å². The van der Waals surface area contributed by atoms with Crippen LogP contribution in [0.5, 0.6) is 0 Å². The minimum atomic E-state index is -0.196. The molecular weight excluding hydrogens is 398 g/mol. The average Bonchev–Trinajstić information content (AvgIpc) is 2.81. The summed E-state index contributed by atoms with van der Waals surface area (Å²) in [6.45, 7) is 2.08.